The summed E-state index contributed by atoms with van der Waals surface area (Å²) in [5.41, 5.74) is 6.32. The van der Waals surface area contributed by atoms with Gasteiger partial charge in [0.05, 0.1) is 5.69 Å². The maximum Gasteiger partial charge on any atom is 0.344 e. The summed E-state index contributed by atoms with van der Waals surface area (Å²) in [4.78, 5) is 15.5. The number of ether oxygens (including phenoxy) is 2. The van der Waals surface area contributed by atoms with E-state index in [0.717, 1.165) is 5.69 Å². The second-order valence-corrected chi connectivity index (χ2v) is 4.72. The number of nitrogens with two attached hydrogens (primary N) is 1. The molecule has 17 heavy (non-hydrogen) atoms. The fourth-order valence-electron chi connectivity index (χ4n) is 1.16. The van der Waals surface area contributed by atoms with E-state index in [0.29, 0.717) is 5.69 Å². The normalized spacial score (nSPS) is 11.1. The monoisotopic (exact) mass is 238 g/mol. The maximum atomic E-state index is 11.4. The molecule has 0 amide bonds. The molecule has 0 aliphatic heterocycles. The van der Waals surface area contributed by atoms with Gasteiger partial charge in [0.1, 0.15) is 5.60 Å². The Morgan fingerprint density at radius 2 is 2.06 bits per heavy atom. The van der Waals surface area contributed by atoms with E-state index in [1.165, 1.54) is 0 Å². The highest BCUT2D eigenvalue weighted by atomic mass is 16.6. The van der Waals surface area contributed by atoms with Crippen molar-refractivity contribution in [3.05, 3.63) is 17.8 Å². The van der Waals surface area contributed by atoms with Gasteiger partial charge in [0, 0.05) is 5.69 Å². The van der Waals surface area contributed by atoms with Crippen LogP contribution in [0.4, 0.5) is 5.69 Å². The van der Waals surface area contributed by atoms with E-state index in [9.17, 15) is 4.79 Å². The Hall–Kier alpha value is -1.78. The zero-order chi connectivity index (χ0) is 13.1. The van der Waals surface area contributed by atoms with Crippen LogP contribution >= 0.6 is 0 Å². The van der Waals surface area contributed by atoms with Gasteiger partial charge in [-0.1, -0.05) is 0 Å². The third kappa shape index (κ3) is 4.72. The summed E-state index contributed by atoms with van der Waals surface area (Å²) in [6.45, 7) is 7.01. The van der Waals surface area contributed by atoms with Crippen molar-refractivity contribution in [2.75, 3.05) is 12.3 Å². The number of esters is 1. The molecule has 0 bridgehead atoms. The van der Waals surface area contributed by atoms with Gasteiger partial charge in [-0.3, -0.25) is 0 Å². The van der Waals surface area contributed by atoms with E-state index in [4.69, 9.17) is 15.2 Å². The maximum absolute atomic E-state index is 11.4. The van der Waals surface area contributed by atoms with Crippen molar-refractivity contribution in [1.29, 1.82) is 0 Å². The SMILES string of the molecule is Cc1ccc(N)c(OCC(=O)OC(C)(C)C)n1. The van der Waals surface area contributed by atoms with E-state index < -0.39 is 11.6 Å². The fraction of sp³-hybridized carbons (Fsp3) is 0.500. The van der Waals surface area contributed by atoms with Crippen LogP contribution in [-0.4, -0.2) is 23.2 Å². The van der Waals surface area contributed by atoms with E-state index in [1.54, 1.807) is 32.9 Å². The molecule has 5 heteroatoms. The van der Waals surface area contributed by atoms with Crippen LogP contribution in [0, 0.1) is 6.92 Å². The van der Waals surface area contributed by atoms with Gasteiger partial charge in [0.2, 0.25) is 5.88 Å². The molecule has 1 heterocycles. The molecule has 5 nitrogen and oxygen atoms in total. The van der Waals surface area contributed by atoms with E-state index >= 15 is 0 Å². The molecule has 0 unspecified atom stereocenters. The molecule has 0 radical (unpaired) electrons. The van der Waals surface area contributed by atoms with Crippen LogP contribution in [0.5, 0.6) is 5.88 Å². The average molecular weight is 238 g/mol. The molecule has 0 spiro atoms. The number of aryl methyl sites for hydroxylation is 1. The number of carbonyl (C=O) groups excluding carboxylic acids is 1. The minimum absolute atomic E-state index is 0.197. The van der Waals surface area contributed by atoms with Crippen molar-refractivity contribution in [2.24, 2.45) is 0 Å². The lowest BCUT2D eigenvalue weighted by atomic mass is 10.2. The number of pyridine rings is 1. The number of hydrogen-bond acceptors (Lipinski definition) is 5. The van der Waals surface area contributed by atoms with Crippen molar-refractivity contribution in [3.8, 4) is 5.88 Å². The molecule has 0 aromatic carbocycles. The summed E-state index contributed by atoms with van der Waals surface area (Å²) >= 11 is 0. The number of nitrogen functional groups attached to an aromatic ring is 1. The van der Waals surface area contributed by atoms with E-state index in [2.05, 4.69) is 4.98 Å². The number of carbonyl (C=O) groups is 1. The summed E-state index contributed by atoms with van der Waals surface area (Å²) in [7, 11) is 0. The fourth-order valence-corrected chi connectivity index (χ4v) is 1.16. The lowest BCUT2D eigenvalue weighted by Crippen LogP contribution is -2.27. The summed E-state index contributed by atoms with van der Waals surface area (Å²) in [5.74, 6) is -0.184. The van der Waals surface area contributed by atoms with Crippen molar-refractivity contribution < 1.29 is 14.3 Å². The Morgan fingerprint density at radius 1 is 1.41 bits per heavy atom. The second-order valence-electron chi connectivity index (χ2n) is 4.72. The molecule has 1 aromatic heterocycles. The van der Waals surface area contributed by atoms with Crippen molar-refractivity contribution in [2.45, 2.75) is 33.3 Å². The van der Waals surface area contributed by atoms with Gasteiger partial charge < -0.3 is 15.2 Å². The van der Waals surface area contributed by atoms with Gasteiger partial charge in [-0.25, -0.2) is 9.78 Å². The van der Waals surface area contributed by atoms with Crippen LogP contribution < -0.4 is 10.5 Å². The van der Waals surface area contributed by atoms with E-state index in [1.807, 2.05) is 6.92 Å². The van der Waals surface area contributed by atoms with Gasteiger partial charge >= 0.3 is 5.97 Å². The molecular weight excluding hydrogens is 220 g/mol. The molecule has 0 saturated heterocycles. The first-order valence-corrected chi connectivity index (χ1v) is 5.36. The average Bonchev–Trinajstić information content (AvgIpc) is 2.17. The second kappa shape index (κ2) is 5.03. The molecule has 0 fully saturated rings. The summed E-state index contributed by atoms with van der Waals surface area (Å²) < 4.78 is 10.3. The summed E-state index contributed by atoms with van der Waals surface area (Å²) in [6.07, 6.45) is 0. The Balaban J connectivity index is 2.56. The van der Waals surface area contributed by atoms with Gasteiger partial charge in [0.25, 0.3) is 0 Å². The molecule has 2 N–H and O–H groups in total. The Labute approximate surface area is 101 Å². The van der Waals surface area contributed by atoms with Crippen molar-refractivity contribution >= 4 is 11.7 Å². The quantitative estimate of drug-likeness (QED) is 0.811. The molecule has 0 aliphatic rings. The van der Waals surface area contributed by atoms with Crippen LogP contribution in [0.1, 0.15) is 26.5 Å². The van der Waals surface area contributed by atoms with Gasteiger partial charge in [-0.2, -0.15) is 0 Å². The summed E-state index contributed by atoms with van der Waals surface area (Å²) in [6, 6.07) is 3.46. The van der Waals surface area contributed by atoms with E-state index in [-0.39, 0.29) is 12.5 Å². The number of rotatable bonds is 3. The third-order valence-electron chi connectivity index (χ3n) is 1.78. The first kappa shape index (κ1) is 13.3. The zero-order valence-corrected chi connectivity index (χ0v) is 10.6. The standard InChI is InChI=1S/C12H18N2O3/c1-8-5-6-9(13)11(14-8)16-7-10(15)17-12(2,3)4/h5-6H,7,13H2,1-4H3. The number of anilines is 1. The number of hydrogen-bond donors (Lipinski definition) is 1. The first-order valence-electron chi connectivity index (χ1n) is 5.36. The number of nitrogens with zero attached hydrogens (tertiary/aromatic N) is 1. The Morgan fingerprint density at radius 3 is 2.65 bits per heavy atom. The van der Waals surface area contributed by atoms with Crippen LogP contribution in [0.2, 0.25) is 0 Å². The molecule has 0 atom stereocenters. The predicted molar refractivity (Wildman–Crippen MR) is 64.7 cm³/mol. The van der Waals surface area contributed by atoms with Gasteiger partial charge in [-0.15, -0.1) is 0 Å². The van der Waals surface area contributed by atoms with Crippen LogP contribution in [0.3, 0.4) is 0 Å². The Bertz CT molecular complexity index is 411. The first-order chi connectivity index (χ1) is 7.78. The Kier molecular flexibility index (Phi) is 3.93. The van der Waals surface area contributed by atoms with Gasteiger partial charge in [-0.05, 0) is 39.8 Å². The molecule has 0 aliphatic carbocycles. The highest BCUT2D eigenvalue weighted by Gasteiger charge is 2.17. The third-order valence-corrected chi connectivity index (χ3v) is 1.78. The summed E-state index contributed by atoms with van der Waals surface area (Å²) in [5, 5.41) is 0. The molecule has 1 rings (SSSR count). The molecular formula is C12H18N2O3. The lowest BCUT2D eigenvalue weighted by Gasteiger charge is -2.19. The predicted octanol–water partition coefficient (Wildman–Crippen LogP) is 1.69. The topological polar surface area (TPSA) is 74.4 Å². The van der Waals surface area contributed by atoms with Gasteiger partial charge in [0.15, 0.2) is 6.61 Å². The number of aromatic nitrogens is 1. The smallest absolute Gasteiger partial charge is 0.344 e. The van der Waals surface area contributed by atoms with Crippen molar-refractivity contribution in [1.82, 2.24) is 4.98 Å². The molecule has 1 aromatic rings. The largest absolute Gasteiger partial charge is 0.464 e. The lowest BCUT2D eigenvalue weighted by molar-refractivity contribution is -0.157. The molecule has 0 saturated carbocycles. The van der Waals surface area contributed by atoms with Crippen molar-refractivity contribution in [3.63, 3.8) is 0 Å². The zero-order valence-electron chi connectivity index (χ0n) is 10.6. The highest BCUT2D eigenvalue weighted by Crippen LogP contribution is 2.18. The molecule has 94 valence electrons. The van der Waals surface area contributed by atoms with Crippen LogP contribution in [0.25, 0.3) is 0 Å². The minimum atomic E-state index is -0.522. The minimum Gasteiger partial charge on any atom is -0.464 e. The highest BCUT2D eigenvalue weighted by molar-refractivity contribution is 5.71. The van der Waals surface area contributed by atoms with Crippen LogP contribution in [-0.2, 0) is 9.53 Å². The van der Waals surface area contributed by atoms with Crippen LogP contribution in [0.15, 0.2) is 12.1 Å².